The van der Waals surface area contributed by atoms with Gasteiger partial charge in [0.2, 0.25) is 5.91 Å². The van der Waals surface area contributed by atoms with Crippen LogP contribution >= 0.6 is 15.9 Å². The van der Waals surface area contributed by atoms with Gasteiger partial charge >= 0.3 is 6.03 Å². The predicted octanol–water partition coefficient (Wildman–Crippen LogP) is 0.429. The maximum Gasteiger partial charge on any atom is 0.314 e. The normalized spacial score (nSPS) is 21.5. The average Bonchev–Trinajstić information content (AvgIpc) is 2.50. The second-order valence-corrected chi connectivity index (χ2v) is 6.20. The molecule has 1 aliphatic rings. The first-order chi connectivity index (χ1) is 6.80. The van der Waals surface area contributed by atoms with Crippen LogP contribution in [-0.4, -0.2) is 40.3 Å². The predicted molar refractivity (Wildman–Crippen MR) is 60.7 cm³/mol. The summed E-state index contributed by atoms with van der Waals surface area (Å²) < 4.78 is -0.576. The third-order valence-corrected chi connectivity index (χ3v) is 2.74. The smallest absolute Gasteiger partial charge is 0.314 e. The standard InChI is InChI=1S/C9H16BrN3O2/c1-9(2,10)7(14)12-6-3-4-13(5-6)8(11)15/h6H,3-5H2,1-2H3,(H2,11,15)(H,12,14). The van der Waals surface area contributed by atoms with Gasteiger partial charge in [-0.25, -0.2) is 4.79 Å². The molecule has 0 aliphatic carbocycles. The zero-order valence-electron chi connectivity index (χ0n) is 8.92. The molecule has 0 bridgehead atoms. The molecule has 0 spiro atoms. The maximum absolute atomic E-state index is 11.6. The third-order valence-electron chi connectivity index (χ3n) is 2.38. The van der Waals surface area contributed by atoms with E-state index < -0.39 is 10.4 Å². The van der Waals surface area contributed by atoms with Crippen LogP contribution in [0.25, 0.3) is 0 Å². The van der Waals surface area contributed by atoms with Crippen molar-refractivity contribution in [3.05, 3.63) is 0 Å². The van der Waals surface area contributed by atoms with Crippen molar-refractivity contribution >= 4 is 27.9 Å². The van der Waals surface area contributed by atoms with Gasteiger partial charge in [0, 0.05) is 19.1 Å². The quantitative estimate of drug-likeness (QED) is 0.719. The van der Waals surface area contributed by atoms with Crippen molar-refractivity contribution in [1.29, 1.82) is 0 Å². The fourth-order valence-electron chi connectivity index (χ4n) is 1.44. The number of nitrogens with zero attached hydrogens (tertiary/aromatic N) is 1. The Morgan fingerprint density at radius 1 is 1.53 bits per heavy atom. The first kappa shape index (κ1) is 12.3. The van der Waals surface area contributed by atoms with E-state index in [-0.39, 0.29) is 11.9 Å². The van der Waals surface area contributed by atoms with Crippen LogP contribution in [0.1, 0.15) is 20.3 Å². The molecule has 1 fully saturated rings. The Kier molecular flexibility index (Phi) is 3.59. The van der Waals surface area contributed by atoms with Crippen LogP contribution in [0.4, 0.5) is 4.79 Å². The Morgan fingerprint density at radius 2 is 2.13 bits per heavy atom. The highest BCUT2D eigenvalue weighted by molar-refractivity contribution is 9.10. The SMILES string of the molecule is CC(C)(Br)C(=O)NC1CCN(C(N)=O)C1. The first-order valence-electron chi connectivity index (χ1n) is 4.85. The summed E-state index contributed by atoms with van der Waals surface area (Å²) in [7, 11) is 0. The summed E-state index contributed by atoms with van der Waals surface area (Å²) in [6, 6.07) is -0.410. The van der Waals surface area contributed by atoms with E-state index in [0.717, 1.165) is 6.42 Å². The summed E-state index contributed by atoms with van der Waals surface area (Å²) in [4.78, 5) is 24.0. The van der Waals surface area contributed by atoms with Gasteiger partial charge in [-0.15, -0.1) is 0 Å². The Balaban J connectivity index is 2.43. The molecule has 0 aromatic carbocycles. The fourth-order valence-corrected chi connectivity index (χ4v) is 1.55. The molecule has 0 radical (unpaired) electrons. The van der Waals surface area contributed by atoms with Gasteiger partial charge in [0.05, 0.1) is 4.32 Å². The minimum atomic E-state index is -0.576. The van der Waals surface area contributed by atoms with E-state index in [1.165, 1.54) is 4.90 Å². The van der Waals surface area contributed by atoms with Crippen molar-refractivity contribution < 1.29 is 9.59 Å². The Morgan fingerprint density at radius 3 is 2.53 bits per heavy atom. The lowest BCUT2D eigenvalue weighted by Crippen LogP contribution is -2.45. The topological polar surface area (TPSA) is 75.4 Å². The largest absolute Gasteiger partial charge is 0.351 e. The molecular formula is C9H16BrN3O2. The molecule has 1 heterocycles. The molecule has 0 aromatic rings. The van der Waals surface area contributed by atoms with Crippen LogP contribution < -0.4 is 11.1 Å². The van der Waals surface area contributed by atoms with Gasteiger partial charge in [0.15, 0.2) is 0 Å². The first-order valence-corrected chi connectivity index (χ1v) is 5.64. The third kappa shape index (κ3) is 3.37. The van der Waals surface area contributed by atoms with E-state index in [0.29, 0.717) is 13.1 Å². The highest BCUT2D eigenvalue weighted by Gasteiger charge is 2.30. The van der Waals surface area contributed by atoms with E-state index in [2.05, 4.69) is 21.2 Å². The summed E-state index contributed by atoms with van der Waals surface area (Å²) in [5.74, 6) is -0.0705. The number of rotatable bonds is 2. The van der Waals surface area contributed by atoms with Gasteiger partial charge in [0.1, 0.15) is 0 Å². The summed E-state index contributed by atoms with van der Waals surface area (Å²) in [6.07, 6.45) is 0.762. The van der Waals surface area contributed by atoms with E-state index in [1.807, 2.05) is 0 Å². The number of carbonyl (C=O) groups is 2. The van der Waals surface area contributed by atoms with Gasteiger partial charge in [-0.1, -0.05) is 15.9 Å². The Bertz CT molecular complexity index is 275. The van der Waals surface area contributed by atoms with Crippen molar-refractivity contribution in [3.8, 4) is 0 Å². The molecule has 3 N–H and O–H groups in total. The number of nitrogens with two attached hydrogens (primary N) is 1. The van der Waals surface area contributed by atoms with Crippen molar-refractivity contribution in [1.82, 2.24) is 10.2 Å². The molecule has 1 rings (SSSR count). The zero-order valence-corrected chi connectivity index (χ0v) is 10.5. The number of alkyl halides is 1. The summed E-state index contributed by atoms with van der Waals surface area (Å²) >= 11 is 3.28. The summed E-state index contributed by atoms with van der Waals surface area (Å²) in [6.45, 7) is 4.68. The molecular weight excluding hydrogens is 262 g/mol. The number of carbonyl (C=O) groups excluding carboxylic acids is 2. The van der Waals surface area contributed by atoms with Crippen molar-refractivity contribution in [2.24, 2.45) is 5.73 Å². The van der Waals surface area contributed by atoms with E-state index >= 15 is 0 Å². The highest BCUT2D eigenvalue weighted by atomic mass is 79.9. The molecule has 15 heavy (non-hydrogen) atoms. The number of amides is 3. The number of primary amides is 1. The molecule has 1 aliphatic heterocycles. The molecule has 1 unspecified atom stereocenters. The van der Waals surface area contributed by atoms with Gasteiger partial charge in [-0.3, -0.25) is 4.79 Å². The molecule has 0 aromatic heterocycles. The second-order valence-electron chi connectivity index (χ2n) is 4.22. The van der Waals surface area contributed by atoms with Gasteiger partial charge in [-0.2, -0.15) is 0 Å². The van der Waals surface area contributed by atoms with Crippen LogP contribution in [0.3, 0.4) is 0 Å². The highest BCUT2D eigenvalue weighted by Crippen LogP contribution is 2.17. The van der Waals surface area contributed by atoms with Crippen LogP contribution in [0.5, 0.6) is 0 Å². The van der Waals surface area contributed by atoms with E-state index in [9.17, 15) is 9.59 Å². The maximum atomic E-state index is 11.6. The Labute approximate surface area is 97.5 Å². The number of halogens is 1. The van der Waals surface area contributed by atoms with Crippen LogP contribution in [-0.2, 0) is 4.79 Å². The average molecular weight is 278 g/mol. The monoisotopic (exact) mass is 277 g/mol. The van der Waals surface area contributed by atoms with Crippen molar-refractivity contribution in [2.45, 2.75) is 30.6 Å². The number of nitrogens with one attached hydrogen (secondary N) is 1. The van der Waals surface area contributed by atoms with E-state index in [1.54, 1.807) is 13.8 Å². The van der Waals surface area contributed by atoms with Crippen LogP contribution in [0.15, 0.2) is 0 Å². The Hall–Kier alpha value is -0.780. The molecule has 3 amide bonds. The lowest BCUT2D eigenvalue weighted by atomic mass is 10.2. The van der Waals surface area contributed by atoms with Crippen LogP contribution in [0.2, 0.25) is 0 Å². The van der Waals surface area contributed by atoms with Gasteiger partial charge in [-0.05, 0) is 20.3 Å². The molecule has 0 saturated carbocycles. The minimum Gasteiger partial charge on any atom is -0.351 e. The minimum absolute atomic E-state index is 0.0156. The number of urea groups is 1. The zero-order chi connectivity index (χ0) is 11.6. The molecule has 1 atom stereocenters. The molecule has 86 valence electrons. The van der Waals surface area contributed by atoms with Crippen molar-refractivity contribution in [3.63, 3.8) is 0 Å². The number of hydrogen-bond acceptors (Lipinski definition) is 2. The number of hydrogen-bond donors (Lipinski definition) is 2. The lowest BCUT2D eigenvalue weighted by molar-refractivity contribution is -0.123. The van der Waals surface area contributed by atoms with Crippen molar-refractivity contribution in [2.75, 3.05) is 13.1 Å². The summed E-state index contributed by atoms with van der Waals surface area (Å²) in [5.41, 5.74) is 5.14. The lowest BCUT2D eigenvalue weighted by Gasteiger charge is -2.20. The second kappa shape index (κ2) is 4.38. The summed E-state index contributed by atoms with van der Waals surface area (Å²) in [5, 5.41) is 2.87. The number of likely N-dealkylation sites (tertiary alicyclic amines) is 1. The van der Waals surface area contributed by atoms with Gasteiger partial charge in [0.25, 0.3) is 0 Å². The van der Waals surface area contributed by atoms with Crippen LogP contribution in [0, 0.1) is 0 Å². The van der Waals surface area contributed by atoms with E-state index in [4.69, 9.17) is 5.73 Å². The molecule has 6 heteroatoms. The molecule has 5 nitrogen and oxygen atoms in total. The fraction of sp³-hybridized carbons (Fsp3) is 0.778. The molecule has 1 saturated heterocycles. The van der Waals surface area contributed by atoms with Gasteiger partial charge < -0.3 is 16.0 Å².